The zero-order valence-electron chi connectivity index (χ0n) is 12.6. The predicted molar refractivity (Wildman–Crippen MR) is 90.3 cm³/mol. The minimum Gasteiger partial charge on any atom is -0.496 e. The van der Waals surface area contributed by atoms with Crippen LogP contribution in [0, 0.1) is 6.92 Å². The van der Waals surface area contributed by atoms with Gasteiger partial charge in [-0.3, -0.25) is 5.10 Å². The van der Waals surface area contributed by atoms with Crippen LogP contribution in [0.5, 0.6) is 5.75 Å². The lowest BCUT2D eigenvalue weighted by Gasteiger charge is -2.06. The normalized spacial score (nSPS) is 11.2. The smallest absolute Gasteiger partial charge is 0.122 e. The number of aromatic amines is 1. The van der Waals surface area contributed by atoms with E-state index >= 15 is 0 Å². The van der Waals surface area contributed by atoms with Gasteiger partial charge in [-0.05, 0) is 41.5 Å². The number of benzene rings is 3. The van der Waals surface area contributed by atoms with E-state index in [2.05, 4.69) is 58.7 Å². The van der Waals surface area contributed by atoms with Crippen LogP contribution in [0.25, 0.3) is 32.9 Å². The van der Waals surface area contributed by atoms with Crippen molar-refractivity contribution in [3.63, 3.8) is 0 Å². The van der Waals surface area contributed by atoms with E-state index in [0.29, 0.717) is 0 Å². The molecule has 3 heteroatoms. The molecule has 22 heavy (non-hydrogen) atoms. The Morgan fingerprint density at radius 2 is 1.73 bits per heavy atom. The first-order valence-corrected chi connectivity index (χ1v) is 7.28. The summed E-state index contributed by atoms with van der Waals surface area (Å²) < 4.78 is 5.43. The zero-order chi connectivity index (χ0) is 15.1. The maximum absolute atomic E-state index is 5.43. The molecule has 4 aromatic rings. The molecular formula is C19H16N2O. The maximum Gasteiger partial charge on any atom is 0.122 e. The second kappa shape index (κ2) is 4.88. The van der Waals surface area contributed by atoms with Gasteiger partial charge in [0.15, 0.2) is 0 Å². The first-order valence-electron chi connectivity index (χ1n) is 7.28. The van der Waals surface area contributed by atoms with Crippen molar-refractivity contribution in [2.75, 3.05) is 7.11 Å². The largest absolute Gasteiger partial charge is 0.496 e. The standard InChI is InChI=1S/C19H16N2O/c1-12-7-8-15(11-18(12)22-2)19-16-9-13-5-3-4-6-14(13)10-17(16)20-21-19/h3-11H,1-2H3,(H,20,21). The van der Waals surface area contributed by atoms with Crippen LogP contribution in [0.15, 0.2) is 54.6 Å². The fourth-order valence-corrected chi connectivity index (χ4v) is 2.89. The van der Waals surface area contributed by atoms with Gasteiger partial charge in [0.25, 0.3) is 0 Å². The quantitative estimate of drug-likeness (QED) is 0.580. The second-order valence-electron chi connectivity index (χ2n) is 5.50. The molecule has 0 bridgehead atoms. The molecule has 1 N–H and O–H groups in total. The first kappa shape index (κ1) is 12.9. The van der Waals surface area contributed by atoms with E-state index in [1.54, 1.807) is 7.11 Å². The Labute approximate surface area is 128 Å². The minimum absolute atomic E-state index is 0.884. The summed E-state index contributed by atoms with van der Waals surface area (Å²) in [6.07, 6.45) is 0. The van der Waals surface area contributed by atoms with Gasteiger partial charge in [0.2, 0.25) is 0 Å². The molecular weight excluding hydrogens is 272 g/mol. The minimum atomic E-state index is 0.884. The van der Waals surface area contributed by atoms with E-state index < -0.39 is 0 Å². The summed E-state index contributed by atoms with van der Waals surface area (Å²) in [6.45, 7) is 2.04. The van der Waals surface area contributed by atoms with Crippen molar-refractivity contribution in [3.8, 4) is 17.0 Å². The number of nitrogens with zero attached hydrogens (tertiary/aromatic N) is 1. The lowest BCUT2D eigenvalue weighted by molar-refractivity contribution is 0.412. The van der Waals surface area contributed by atoms with Gasteiger partial charge < -0.3 is 4.74 Å². The van der Waals surface area contributed by atoms with Crippen molar-refractivity contribution in [3.05, 3.63) is 60.2 Å². The number of H-pyrrole nitrogens is 1. The summed E-state index contributed by atoms with van der Waals surface area (Å²) in [6, 6.07) is 18.9. The van der Waals surface area contributed by atoms with Crippen LogP contribution in [0.2, 0.25) is 0 Å². The van der Waals surface area contributed by atoms with Crippen molar-refractivity contribution >= 4 is 21.7 Å². The molecule has 0 aliphatic rings. The van der Waals surface area contributed by atoms with Gasteiger partial charge in [-0.15, -0.1) is 0 Å². The molecule has 3 aromatic carbocycles. The molecule has 0 aliphatic heterocycles. The van der Waals surface area contributed by atoms with Crippen molar-refractivity contribution in [1.82, 2.24) is 10.2 Å². The van der Waals surface area contributed by atoms with E-state index in [-0.39, 0.29) is 0 Å². The Balaban J connectivity index is 1.97. The molecule has 4 rings (SSSR count). The van der Waals surface area contributed by atoms with Crippen molar-refractivity contribution < 1.29 is 4.74 Å². The lowest BCUT2D eigenvalue weighted by Crippen LogP contribution is -1.88. The molecule has 1 aromatic heterocycles. The number of hydrogen-bond donors (Lipinski definition) is 1. The number of rotatable bonds is 2. The van der Waals surface area contributed by atoms with Gasteiger partial charge in [-0.1, -0.05) is 36.4 Å². The van der Waals surface area contributed by atoms with E-state index in [1.807, 2.05) is 13.0 Å². The predicted octanol–water partition coefficient (Wildman–Crippen LogP) is 4.70. The van der Waals surface area contributed by atoms with Crippen molar-refractivity contribution in [2.45, 2.75) is 6.92 Å². The molecule has 0 spiro atoms. The van der Waals surface area contributed by atoms with E-state index in [9.17, 15) is 0 Å². The molecule has 0 atom stereocenters. The Morgan fingerprint density at radius 1 is 0.955 bits per heavy atom. The van der Waals surface area contributed by atoms with Gasteiger partial charge in [-0.25, -0.2) is 0 Å². The molecule has 1 heterocycles. The molecule has 0 radical (unpaired) electrons. The van der Waals surface area contributed by atoms with E-state index in [4.69, 9.17) is 4.74 Å². The monoisotopic (exact) mass is 288 g/mol. The molecule has 3 nitrogen and oxygen atoms in total. The average molecular weight is 288 g/mol. The first-order chi connectivity index (χ1) is 10.8. The van der Waals surface area contributed by atoms with Crippen LogP contribution < -0.4 is 4.74 Å². The van der Waals surface area contributed by atoms with Crippen molar-refractivity contribution in [1.29, 1.82) is 0 Å². The van der Waals surface area contributed by atoms with Gasteiger partial charge in [0.1, 0.15) is 11.4 Å². The summed E-state index contributed by atoms with van der Waals surface area (Å²) in [4.78, 5) is 0. The highest BCUT2D eigenvalue weighted by Crippen LogP contribution is 2.32. The highest BCUT2D eigenvalue weighted by molar-refractivity contribution is 6.02. The highest BCUT2D eigenvalue weighted by atomic mass is 16.5. The third-order valence-electron chi connectivity index (χ3n) is 4.11. The summed E-state index contributed by atoms with van der Waals surface area (Å²) in [7, 11) is 1.70. The number of fused-ring (bicyclic) bond motifs is 2. The van der Waals surface area contributed by atoms with E-state index in [0.717, 1.165) is 33.5 Å². The molecule has 0 saturated heterocycles. The second-order valence-corrected chi connectivity index (χ2v) is 5.50. The zero-order valence-corrected chi connectivity index (χ0v) is 12.6. The Hall–Kier alpha value is -2.81. The summed E-state index contributed by atoms with van der Waals surface area (Å²) in [5.74, 6) is 0.884. The third-order valence-corrected chi connectivity index (χ3v) is 4.11. The Kier molecular flexibility index (Phi) is 2.86. The van der Waals surface area contributed by atoms with Crippen LogP contribution in [-0.4, -0.2) is 17.3 Å². The molecule has 0 aliphatic carbocycles. The van der Waals surface area contributed by atoms with Crippen LogP contribution in [-0.2, 0) is 0 Å². The highest BCUT2D eigenvalue weighted by Gasteiger charge is 2.11. The van der Waals surface area contributed by atoms with E-state index in [1.165, 1.54) is 10.8 Å². The van der Waals surface area contributed by atoms with Crippen LogP contribution in [0.4, 0.5) is 0 Å². The molecule has 0 fully saturated rings. The SMILES string of the molecule is COc1cc(-c2n[nH]c3cc4ccccc4cc23)ccc1C. The molecule has 108 valence electrons. The molecule has 0 amide bonds. The third kappa shape index (κ3) is 1.94. The number of nitrogens with one attached hydrogen (secondary N) is 1. The number of ether oxygens (including phenoxy) is 1. The number of hydrogen-bond acceptors (Lipinski definition) is 2. The number of aromatic nitrogens is 2. The Bertz CT molecular complexity index is 985. The summed E-state index contributed by atoms with van der Waals surface area (Å²) in [5.41, 5.74) is 4.19. The number of aryl methyl sites for hydroxylation is 1. The topological polar surface area (TPSA) is 37.9 Å². The molecule has 0 unspecified atom stereocenters. The van der Waals surface area contributed by atoms with Gasteiger partial charge in [-0.2, -0.15) is 5.10 Å². The average Bonchev–Trinajstić information content (AvgIpc) is 2.96. The summed E-state index contributed by atoms with van der Waals surface area (Å²) in [5, 5.41) is 11.2. The molecule has 0 saturated carbocycles. The van der Waals surface area contributed by atoms with Crippen LogP contribution in [0.3, 0.4) is 0 Å². The lowest BCUT2D eigenvalue weighted by atomic mass is 10.0. The van der Waals surface area contributed by atoms with Crippen molar-refractivity contribution in [2.24, 2.45) is 0 Å². The van der Waals surface area contributed by atoms with Gasteiger partial charge >= 0.3 is 0 Å². The Morgan fingerprint density at radius 3 is 2.50 bits per heavy atom. The fourth-order valence-electron chi connectivity index (χ4n) is 2.89. The summed E-state index contributed by atoms with van der Waals surface area (Å²) >= 11 is 0. The van der Waals surface area contributed by atoms with Crippen LogP contribution in [0.1, 0.15) is 5.56 Å². The maximum atomic E-state index is 5.43. The van der Waals surface area contributed by atoms with Gasteiger partial charge in [0.05, 0.1) is 12.6 Å². The van der Waals surface area contributed by atoms with Gasteiger partial charge in [0, 0.05) is 10.9 Å². The fraction of sp³-hybridized carbons (Fsp3) is 0.105. The number of methoxy groups -OCH3 is 1. The van der Waals surface area contributed by atoms with Crippen LogP contribution >= 0.6 is 0 Å².